The molecule has 0 radical (unpaired) electrons. The van der Waals surface area contributed by atoms with Gasteiger partial charge in [-0.05, 0) is 162 Å². The predicted octanol–water partition coefficient (Wildman–Crippen LogP) is 8.53. The third-order valence-corrected chi connectivity index (χ3v) is 21.9. The number of ether oxygens (including phenoxy) is 2. The van der Waals surface area contributed by atoms with E-state index in [0.29, 0.717) is 72.4 Å². The van der Waals surface area contributed by atoms with Gasteiger partial charge in [-0.25, -0.2) is 0 Å². The number of nitrogens with two attached hydrogens (primary N) is 1. The molecule has 8 aliphatic carbocycles. The molecule has 0 bridgehead atoms. The number of rotatable bonds is 15. The van der Waals surface area contributed by atoms with E-state index in [4.69, 9.17) is 20.3 Å². The zero-order valence-electron chi connectivity index (χ0n) is 56.8. The van der Waals surface area contributed by atoms with Crippen LogP contribution in [0.1, 0.15) is 166 Å². The summed E-state index contributed by atoms with van der Waals surface area (Å²) in [4.78, 5) is 87.3. The summed E-state index contributed by atoms with van der Waals surface area (Å²) in [7, 11) is 0. The Kier molecular flexibility index (Phi) is 32.1. The van der Waals surface area contributed by atoms with E-state index in [9.17, 15) is 59.9 Å². The zero-order chi connectivity index (χ0) is 67.3. The van der Waals surface area contributed by atoms with Gasteiger partial charge in [-0.2, -0.15) is 26.3 Å². The van der Waals surface area contributed by atoms with Crippen molar-refractivity contribution in [1.29, 1.82) is 0 Å². The molecule has 2 aromatic rings. The second-order valence-electron chi connectivity index (χ2n) is 28.2. The molecule has 14 rings (SSSR count). The SMILES string of the molecule is CCOC(=O)C1[C@H]2CN(C3CCCCC3)C[C@@H]12.CCOC(=O)C1[C@H]2CNC[C@@H]12.Cl.NCC(=O)Nc1cccc(C(F)(F)F)c1.O=C(CCC(=O)C1[C@H]2CN(C3CCCCC3)C[C@@H]12)Nc1cccc(C(F)(F)F)c1.O=C(O)C1[C@H]2CN(C3CCCCC3)C[C@@H]12.O=C1CCCCC1.[Na+].[OH-]. The molecule has 18 nitrogen and oxygen atoms in total. The molecular formula is C71H103ClF6N7NaO11. The summed E-state index contributed by atoms with van der Waals surface area (Å²) in [5, 5.41) is 16.9. The molecule has 26 heteroatoms. The number of carbonyl (C=O) groups is 7. The first kappa shape index (κ1) is 81.7. The van der Waals surface area contributed by atoms with Crippen LogP contribution in [0.4, 0.5) is 37.7 Å². The van der Waals surface area contributed by atoms with E-state index in [1.165, 1.54) is 127 Å². The standard InChI is InChI=1S/C22H27F3N2O2.C14H23NO2.C12H19NO2.C9H9F3N2O.C8H13NO2.C6H10O.ClH.Na.H2O/c23-22(24,25)14-5-4-6-15(11-14)26-20(29)10-9-19(28)21-17-12-27(13-18(17)21)16-7-2-1-3-8-16;1-2-17-14(16)13-11-8-15(9-12(11)13)10-6-4-3-5-7-10;14-12(15)11-9-6-13(7-10(9)11)8-4-2-1-3-5-8;10-9(11,12)6-2-1-3-7(4-6)14-8(15)5-13;1-2-11-8(10)7-5-3-9-4-6(5)7;7-6-4-2-1-3-5-6;;;/h4-6,11,16-18,21H,1-3,7-10,12-13H2,(H,26,29);10-13H,2-9H2,1H3;8-11H,1-7H2,(H,14,15);1-4H,5,13H2,(H,14,15);5-7,9H,2-4H2,1H3;1-5H2;1H;;1H2/q;;;;;;;+1;/p-1/t17-,18+,21?;11-,12+,13?;9-,10+,11?;;5-,6+,7?;;;;. The Morgan fingerprint density at radius 3 is 1.22 bits per heavy atom. The number of aliphatic carboxylic acids is 1. The quantitative estimate of drug-likeness (QED) is 0.0636. The topological polar surface area (TPSA) is 260 Å². The second kappa shape index (κ2) is 38.1. The van der Waals surface area contributed by atoms with E-state index in [1.807, 2.05) is 13.8 Å². The minimum Gasteiger partial charge on any atom is -0.870 e. The maximum Gasteiger partial charge on any atom is 1.00 e. The molecule has 4 saturated heterocycles. The largest absolute Gasteiger partial charge is 1.00 e. The molecule has 538 valence electrons. The van der Waals surface area contributed by atoms with E-state index >= 15 is 0 Å². The van der Waals surface area contributed by atoms with E-state index in [2.05, 4.69) is 30.7 Å². The summed E-state index contributed by atoms with van der Waals surface area (Å²) in [6, 6.07) is 11.2. The number of hydrogen-bond donors (Lipinski definition) is 5. The molecule has 2 amide bonds. The van der Waals surface area contributed by atoms with E-state index in [0.717, 1.165) is 114 Å². The average Bonchev–Trinajstić information content (AvgIpc) is 1.61. The molecule has 8 saturated carbocycles. The minimum atomic E-state index is -4.45. The molecule has 0 spiro atoms. The summed E-state index contributed by atoms with van der Waals surface area (Å²) in [5.74, 6) is 4.00. The number of amides is 2. The van der Waals surface area contributed by atoms with Gasteiger partial charge in [-0.1, -0.05) is 76.3 Å². The van der Waals surface area contributed by atoms with E-state index in [1.54, 1.807) is 0 Å². The second-order valence-corrected chi connectivity index (χ2v) is 28.2. The number of anilines is 2. The Labute approximate surface area is 595 Å². The number of piperidine rings is 4. The predicted molar refractivity (Wildman–Crippen MR) is 352 cm³/mol. The number of Topliss-reactive ketones (excluding diaryl/α,β-unsaturated/α-hetero) is 2. The van der Waals surface area contributed by atoms with Crippen molar-refractivity contribution in [2.45, 2.75) is 186 Å². The number of alkyl halides is 6. The van der Waals surface area contributed by atoms with Gasteiger partial charge >= 0.3 is 59.8 Å². The van der Waals surface area contributed by atoms with Crippen LogP contribution >= 0.6 is 12.4 Å². The van der Waals surface area contributed by atoms with Gasteiger partial charge in [0, 0.05) is 100 Å². The van der Waals surface area contributed by atoms with Crippen molar-refractivity contribution < 1.29 is 110 Å². The molecule has 97 heavy (non-hydrogen) atoms. The van der Waals surface area contributed by atoms with E-state index in [-0.39, 0.29) is 120 Å². The Bertz CT molecular complexity index is 2850. The van der Waals surface area contributed by atoms with Crippen molar-refractivity contribution >= 4 is 65.1 Å². The fourth-order valence-corrected chi connectivity index (χ4v) is 16.7. The summed E-state index contributed by atoms with van der Waals surface area (Å²) in [5.41, 5.74) is 3.58. The van der Waals surface area contributed by atoms with Crippen molar-refractivity contribution in [2.24, 2.45) is 76.7 Å². The van der Waals surface area contributed by atoms with Crippen LogP contribution in [-0.2, 0) is 55.4 Å². The molecule has 4 aliphatic heterocycles. The first-order valence-corrected chi connectivity index (χ1v) is 35.3. The van der Waals surface area contributed by atoms with Crippen molar-refractivity contribution in [1.82, 2.24) is 20.0 Å². The number of carbonyl (C=O) groups excluding carboxylic acids is 6. The van der Waals surface area contributed by atoms with Gasteiger partial charge in [0.05, 0.1) is 48.6 Å². The number of carboxylic acids is 1. The summed E-state index contributed by atoms with van der Waals surface area (Å²) >= 11 is 0. The van der Waals surface area contributed by atoms with Gasteiger partial charge < -0.3 is 41.7 Å². The number of halogens is 7. The number of nitrogens with one attached hydrogen (secondary N) is 3. The molecule has 12 atom stereocenters. The Morgan fingerprint density at radius 1 is 0.526 bits per heavy atom. The molecule has 12 fully saturated rings. The van der Waals surface area contributed by atoms with Gasteiger partial charge in [-0.15, -0.1) is 12.4 Å². The minimum absolute atomic E-state index is 0. The van der Waals surface area contributed by atoms with Crippen LogP contribution in [-0.4, -0.2) is 157 Å². The van der Waals surface area contributed by atoms with Gasteiger partial charge in [0.1, 0.15) is 11.6 Å². The fourth-order valence-electron chi connectivity index (χ4n) is 16.7. The van der Waals surface area contributed by atoms with Gasteiger partial charge in [-0.3, -0.25) is 48.3 Å². The summed E-state index contributed by atoms with van der Waals surface area (Å²) in [6.45, 7) is 13.0. The Hall–Kier alpha value is -4.24. The maximum absolute atomic E-state index is 12.8. The first-order valence-electron chi connectivity index (χ1n) is 35.3. The van der Waals surface area contributed by atoms with Gasteiger partial charge in [0.2, 0.25) is 11.8 Å². The first-order chi connectivity index (χ1) is 45.1. The molecule has 2 aromatic carbocycles. The monoisotopic (exact) mass is 1400 g/mol. The molecule has 4 heterocycles. The zero-order valence-corrected chi connectivity index (χ0v) is 59.6. The van der Waals surface area contributed by atoms with Crippen LogP contribution in [0.15, 0.2) is 48.5 Å². The fraction of sp³-hybridized carbons (Fsp3) is 0.732. The van der Waals surface area contributed by atoms with Crippen LogP contribution < -0.4 is 51.2 Å². The smallest absolute Gasteiger partial charge is 0.870 e. The maximum atomic E-state index is 12.8. The van der Waals surface area contributed by atoms with Crippen molar-refractivity contribution in [3.63, 3.8) is 0 Å². The number of likely N-dealkylation sites (tertiary alicyclic amines) is 3. The third-order valence-electron chi connectivity index (χ3n) is 21.9. The number of nitrogens with zero attached hydrogens (tertiary/aromatic N) is 3. The number of benzene rings is 2. The number of esters is 2. The van der Waals surface area contributed by atoms with Gasteiger partial charge in [0.25, 0.3) is 0 Å². The summed E-state index contributed by atoms with van der Waals surface area (Å²) in [6.07, 6.45) is 16.8. The van der Waals surface area contributed by atoms with Crippen molar-refractivity contribution in [3.05, 3.63) is 59.7 Å². The van der Waals surface area contributed by atoms with Gasteiger partial charge in [0.15, 0.2) is 0 Å². The Morgan fingerprint density at radius 2 is 0.876 bits per heavy atom. The van der Waals surface area contributed by atoms with Crippen molar-refractivity contribution in [3.8, 4) is 0 Å². The summed E-state index contributed by atoms with van der Waals surface area (Å²) < 4.78 is 85.1. The van der Waals surface area contributed by atoms with Crippen LogP contribution in [0, 0.1) is 71.0 Å². The molecule has 4 unspecified atom stereocenters. The van der Waals surface area contributed by atoms with Crippen LogP contribution in [0.3, 0.4) is 0 Å². The van der Waals surface area contributed by atoms with E-state index < -0.39 is 41.3 Å². The molecule has 7 N–H and O–H groups in total. The number of fused-ring (bicyclic) bond motifs is 4. The average molecular weight is 1400 g/mol. The molecule has 12 aliphatic rings. The van der Waals surface area contributed by atoms with Crippen LogP contribution in [0.25, 0.3) is 0 Å². The number of carboxylic acid groups (broad SMARTS) is 1. The normalized spacial score (nSPS) is 29.1. The molecule has 0 aromatic heterocycles. The van der Waals surface area contributed by atoms with Crippen LogP contribution in [0.2, 0.25) is 0 Å². The third kappa shape index (κ3) is 23.1. The van der Waals surface area contributed by atoms with Crippen LogP contribution in [0.5, 0.6) is 0 Å². The number of ketones is 2. The number of hydrogen-bond acceptors (Lipinski definition) is 15. The Balaban J connectivity index is 0.000000192. The van der Waals surface area contributed by atoms with Crippen molar-refractivity contribution in [2.75, 3.05) is 82.8 Å². The molecular weight excluding hydrogens is 1300 g/mol.